The molecule has 2 aromatic rings. The maximum atomic E-state index is 5.63. The Kier molecular flexibility index (Phi) is 2.28. The van der Waals surface area contributed by atoms with Crippen molar-refractivity contribution in [3.63, 3.8) is 0 Å². The Bertz CT molecular complexity index is 563. The van der Waals surface area contributed by atoms with Crippen LogP contribution >= 0.6 is 0 Å². The number of anilines is 1. The zero-order valence-corrected chi connectivity index (χ0v) is 9.93. The summed E-state index contributed by atoms with van der Waals surface area (Å²) in [7, 11) is 3.74. The molecule has 0 bridgehead atoms. The minimum atomic E-state index is 0.709. The van der Waals surface area contributed by atoms with Crippen molar-refractivity contribution in [2.24, 2.45) is 0 Å². The second kappa shape index (κ2) is 3.80. The fourth-order valence-electron chi connectivity index (χ4n) is 2.17. The second-order valence-electron chi connectivity index (χ2n) is 4.12. The van der Waals surface area contributed by atoms with Crippen molar-refractivity contribution in [2.75, 3.05) is 32.2 Å². The molecular weight excluding hydrogens is 216 g/mol. The molecule has 0 saturated carbocycles. The summed E-state index contributed by atoms with van der Waals surface area (Å²) in [6.07, 6.45) is 1.79. The smallest absolute Gasteiger partial charge is 0.161 e. The predicted molar refractivity (Wildman–Crippen MR) is 67.1 cm³/mol. The van der Waals surface area contributed by atoms with Gasteiger partial charge in [0.2, 0.25) is 0 Å². The molecule has 0 spiro atoms. The Balaban J connectivity index is 2.30. The number of hydrogen-bond donors (Lipinski definition) is 0. The van der Waals surface area contributed by atoms with Gasteiger partial charge in [-0.2, -0.15) is 0 Å². The highest BCUT2D eigenvalue weighted by molar-refractivity contribution is 5.95. The van der Waals surface area contributed by atoms with Gasteiger partial charge in [-0.15, -0.1) is 0 Å². The van der Waals surface area contributed by atoms with Gasteiger partial charge in [0.05, 0.1) is 31.1 Å². The number of ether oxygens (including phenoxy) is 2. The highest BCUT2D eigenvalue weighted by atomic mass is 16.5. The fourth-order valence-corrected chi connectivity index (χ4v) is 2.17. The number of benzene rings is 1. The molecule has 17 heavy (non-hydrogen) atoms. The lowest BCUT2D eigenvalue weighted by Gasteiger charge is -2.28. The molecular formula is C13H14N2O2. The van der Waals surface area contributed by atoms with E-state index in [9.17, 15) is 0 Å². The minimum Gasteiger partial charge on any atom is -0.497 e. The Hall–Kier alpha value is -1.97. The first-order valence-electron chi connectivity index (χ1n) is 5.60. The van der Waals surface area contributed by atoms with Crippen molar-refractivity contribution in [1.82, 2.24) is 4.98 Å². The van der Waals surface area contributed by atoms with Crippen LogP contribution in [-0.4, -0.2) is 32.3 Å². The molecule has 88 valence electrons. The number of nitrogens with zero attached hydrogens (tertiary/aromatic N) is 2. The van der Waals surface area contributed by atoms with Gasteiger partial charge in [-0.3, -0.25) is 4.98 Å². The standard InChI is InChI=1S/C13H14N2O2/c1-15-5-6-17-12-8-14-11-4-3-9(16-2)7-10(11)13(12)15/h3-4,7-8H,5-6H2,1-2H3. The van der Waals surface area contributed by atoms with E-state index in [4.69, 9.17) is 9.47 Å². The monoisotopic (exact) mass is 230 g/mol. The Morgan fingerprint density at radius 2 is 2.29 bits per heavy atom. The van der Waals surface area contributed by atoms with E-state index >= 15 is 0 Å². The van der Waals surface area contributed by atoms with Crippen LogP contribution in [0.2, 0.25) is 0 Å². The molecule has 1 aromatic heterocycles. The highest BCUT2D eigenvalue weighted by Crippen LogP contribution is 2.37. The first-order chi connectivity index (χ1) is 8.29. The summed E-state index contributed by atoms with van der Waals surface area (Å²) in [5.41, 5.74) is 2.06. The zero-order valence-electron chi connectivity index (χ0n) is 9.93. The molecule has 0 fully saturated rings. The van der Waals surface area contributed by atoms with Crippen LogP contribution in [0.4, 0.5) is 5.69 Å². The topological polar surface area (TPSA) is 34.6 Å². The minimum absolute atomic E-state index is 0.709. The van der Waals surface area contributed by atoms with Crippen LogP contribution in [0.5, 0.6) is 11.5 Å². The lowest BCUT2D eigenvalue weighted by molar-refractivity contribution is 0.311. The summed E-state index contributed by atoms with van der Waals surface area (Å²) in [6, 6.07) is 5.90. The largest absolute Gasteiger partial charge is 0.497 e. The van der Waals surface area contributed by atoms with Gasteiger partial charge >= 0.3 is 0 Å². The molecule has 0 atom stereocenters. The number of pyridine rings is 1. The Morgan fingerprint density at radius 3 is 3.12 bits per heavy atom. The Labute approximate surface area is 99.8 Å². The van der Waals surface area contributed by atoms with Gasteiger partial charge in [-0.25, -0.2) is 0 Å². The van der Waals surface area contributed by atoms with Gasteiger partial charge in [-0.1, -0.05) is 0 Å². The summed E-state index contributed by atoms with van der Waals surface area (Å²) < 4.78 is 10.9. The average molecular weight is 230 g/mol. The van der Waals surface area contributed by atoms with Crippen LogP contribution in [-0.2, 0) is 0 Å². The van der Waals surface area contributed by atoms with Crippen LogP contribution in [0.1, 0.15) is 0 Å². The van der Waals surface area contributed by atoms with Gasteiger partial charge in [-0.05, 0) is 18.2 Å². The van der Waals surface area contributed by atoms with Crippen molar-refractivity contribution in [3.8, 4) is 11.5 Å². The number of rotatable bonds is 1. The molecule has 0 N–H and O–H groups in total. The van der Waals surface area contributed by atoms with Crippen molar-refractivity contribution in [3.05, 3.63) is 24.4 Å². The van der Waals surface area contributed by atoms with Crippen LogP contribution in [0, 0.1) is 0 Å². The predicted octanol–water partition coefficient (Wildman–Crippen LogP) is 2.07. The maximum absolute atomic E-state index is 5.63. The van der Waals surface area contributed by atoms with E-state index in [0.717, 1.165) is 34.6 Å². The second-order valence-corrected chi connectivity index (χ2v) is 4.12. The zero-order chi connectivity index (χ0) is 11.8. The summed E-state index contributed by atoms with van der Waals surface area (Å²) in [6.45, 7) is 1.60. The first-order valence-corrected chi connectivity index (χ1v) is 5.60. The van der Waals surface area contributed by atoms with Crippen molar-refractivity contribution in [1.29, 1.82) is 0 Å². The molecule has 4 nitrogen and oxygen atoms in total. The van der Waals surface area contributed by atoms with Crippen molar-refractivity contribution < 1.29 is 9.47 Å². The molecule has 0 saturated heterocycles. The van der Waals surface area contributed by atoms with E-state index in [2.05, 4.69) is 16.9 Å². The molecule has 0 aliphatic carbocycles. The average Bonchev–Trinajstić information content (AvgIpc) is 2.38. The summed E-state index contributed by atoms with van der Waals surface area (Å²) >= 11 is 0. The Morgan fingerprint density at radius 1 is 1.41 bits per heavy atom. The molecule has 1 aliphatic heterocycles. The molecule has 1 aliphatic rings. The van der Waals surface area contributed by atoms with Gasteiger partial charge in [0.15, 0.2) is 5.75 Å². The lowest BCUT2D eigenvalue weighted by Crippen LogP contribution is -2.29. The van der Waals surface area contributed by atoms with E-state index in [-0.39, 0.29) is 0 Å². The molecule has 4 heteroatoms. The quantitative estimate of drug-likeness (QED) is 0.751. The maximum Gasteiger partial charge on any atom is 0.161 e. The molecule has 2 heterocycles. The molecule has 0 unspecified atom stereocenters. The van der Waals surface area contributed by atoms with E-state index in [1.807, 2.05) is 18.2 Å². The third-order valence-electron chi connectivity index (χ3n) is 3.08. The van der Waals surface area contributed by atoms with Gasteiger partial charge in [0, 0.05) is 12.4 Å². The number of aromatic nitrogens is 1. The molecule has 1 aromatic carbocycles. The fraction of sp³-hybridized carbons (Fsp3) is 0.308. The van der Waals surface area contributed by atoms with Gasteiger partial charge < -0.3 is 14.4 Å². The van der Waals surface area contributed by atoms with Crippen molar-refractivity contribution >= 4 is 16.6 Å². The van der Waals surface area contributed by atoms with E-state index in [0.29, 0.717) is 6.61 Å². The van der Waals surface area contributed by atoms with E-state index in [1.54, 1.807) is 13.3 Å². The SMILES string of the molecule is COc1ccc2ncc3c(c2c1)N(C)CCO3. The van der Waals surface area contributed by atoms with E-state index < -0.39 is 0 Å². The normalized spacial score (nSPS) is 14.4. The van der Waals surface area contributed by atoms with Crippen molar-refractivity contribution in [2.45, 2.75) is 0 Å². The van der Waals surface area contributed by atoms with Gasteiger partial charge in [0.1, 0.15) is 12.4 Å². The molecule has 3 rings (SSSR count). The highest BCUT2D eigenvalue weighted by Gasteiger charge is 2.18. The molecule has 0 amide bonds. The number of hydrogen-bond acceptors (Lipinski definition) is 4. The number of fused-ring (bicyclic) bond motifs is 3. The summed E-state index contributed by atoms with van der Waals surface area (Å²) in [4.78, 5) is 6.59. The lowest BCUT2D eigenvalue weighted by atomic mass is 10.1. The van der Waals surface area contributed by atoms with Crippen LogP contribution in [0.25, 0.3) is 10.9 Å². The summed E-state index contributed by atoms with van der Waals surface area (Å²) in [5.74, 6) is 1.69. The van der Waals surface area contributed by atoms with Crippen LogP contribution < -0.4 is 14.4 Å². The summed E-state index contributed by atoms with van der Waals surface area (Å²) in [5, 5.41) is 1.07. The third-order valence-corrected chi connectivity index (χ3v) is 3.08. The van der Waals surface area contributed by atoms with E-state index in [1.165, 1.54) is 0 Å². The van der Waals surface area contributed by atoms with Crippen LogP contribution in [0.15, 0.2) is 24.4 Å². The first kappa shape index (κ1) is 10.2. The van der Waals surface area contributed by atoms with Crippen LogP contribution in [0.3, 0.4) is 0 Å². The van der Waals surface area contributed by atoms with Gasteiger partial charge in [0.25, 0.3) is 0 Å². The molecule has 0 radical (unpaired) electrons. The number of likely N-dealkylation sites (N-methyl/N-ethyl adjacent to an activating group) is 1. The number of methoxy groups -OCH3 is 1. The third kappa shape index (κ3) is 1.56.